The molecule has 0 amide bonds. The lowest BCUT2D eigenvalue weighted by atomic mass is 9.99. The number of ether oxygens (including phenoxy) is 1. The van der Waals surface area contributed by atoms with Crippen molar-refractivity contribution in [1.82, 2.24) is 0 Å². The summed E-state index contributed by atoms with van der Waals surface area (Å²) in [7, 11) is 1.37. The van der Waals surface area contributed by atoms with E-state index in [1.807, 2.05) is 0 Å². The van der Waals surface area contributed by atoms with Crippen LogP contribution in [0.3, 0.4) is 0 Å². The Morgan fingerprint density at radius 2 is 1.90 bits per heavy atom. The molecule has 104 valence electrons. The number of benzene rings is 2. The van der Waals surface area contributed by atoms with Crippen LogP contribution in [0.4, 0.5) is 8.78 Å². The number of aryl methyl sites for hydroxylation is 1. The van der Waals surface area contributed by atoms with Crippen LogP contribution in [0.25, 0.3) is 0 Å². The van der Waals surface area contributed by atoms with Crippen LogP contribution in [0.5, 0.6) is 5.75 Å². The summed E-state index contributed by atoms with van der Waals surface area (Å²) in [4.78, 5) is 12.1. The van der Waals surface area contributed by atoms with Crippen molar-refractivity contribution in [2.75, 3.05) is 7.11 Å². The van der Waals surface area contributed by atoms with Gasteiger partial charge in [0.15, 0.2) is 17.3 Å². The van der Waals surface area contributed by atoms with E-state index in [1.165, 1.54) is 31.4 Å². The lowest BCUT2D eigenvalue weighted by Gasteiger charge is -2.07. The highest BCUT2D eigenvalue weighted by Crippen LogP contribution is 2.20. The van der Waals surface area contributed by atoms with E-state index < -0.39 is 11.6 Å². The molecule has 4 heteroatoms. The van der Waals surface area contributed by atoms with Crippen LogP contribution in [-0.2, 0) is 6.42 Å². The van der Waals surface area contributed by atoms with E-state index >= 15 is 0 Å². The van der Waals surface area contributed by atoms with Gasteiger partial charge in [0, 0.05) is 12.0 Å². The van der Waals surface area contributed by atoms with Gasteiger partial charge in [-0.25, -0.2) is 8.78 Å². The Bertz CT molecular complexity index is 651. The third-order valence-electron chi connectivity index (χ3n) is 3.08. The number of Topliss-reactive ketones (excluding diaryl/α,β-unsaturated/α-hetero) is 1. The lowest BCUT2D eigenvalue weighted by Crippen LogP contribution is -2.06. The number of carbonyl (C=O) groups is 1. The van der Waals surface area contributed by atoms with Crippen LogP contribution in [0.2, 0.25) is 0 Å². The van der Waals surface area contributed by atoms with E-state index in [9.17, 15) is 13.6 Å². The van der Waals surface area contributed by atoms with Crippen molar-refractivity contribution < 1.29 is 18.3 Å². The van der Waals surface area contributed by atoms with Gasteiger partial charge in [-0.2, -0.15) is 0 Å². The van der Waals surface area contributed by atoms with Crippen LogP contribution in [0, 0.1) is 18.6 Å². The molecule has 2 rings (SSSR count). The summed E-state index contributed by atoms with van der Waals surface area (Å²) < 4.78 is 31.5. The lowest BCUT2D eigenvalue weighted by molar-refractivity contribution is 0.0992. The Morgan fingerprint density at radius 1 is 1.15 bits per heavy atom. The fourth-order valence-corrected chi connectivity index (χ4v) is 2.00. The first-order chi connectivity index (χ1) is 9.51. The van der Waals surface area contributed by atoms with Crippen molar-refractivity contribution in [1.29, 1.82) is 0 Å². The average molecular weight is 276 g/mol. The van der Waals surface area contributed by atoms with Crippen molar-refractivity contribution >= 4 is 5.78 Å². The molecule has 0 N–H and O–H groups in total. The fraction of sp³-hybridized carbons (Fsp3) is 0.188. The molecule has 0 aliphatic carbocycles. The number of carbonyl (C=O) groups excluding carboxylic acids is 1. The summed E-state index contributed by atoms with van der Waals surface area (Å²) in [6.07, 6.45) is 0.0191. The second-order valence-electron chi connectivity index (χ2n) is 4.53. The molecule has 0 aromatic heterocycles. The number of ketones is 1. The smallest absolute Gasteiger partial charge is 0.167 e. The zero-order valence-corrected chi connectivity index (χ0v) is 11.2. The number of hydrogen-bond acceptors (Lipinski definition) is 2. The molecule has 0 fully saturated rings. The van der Waals surface area contributed by atoms with E-state index in [1.54, 1.807) is 19.1 Å². The minimum absolute atomic E-state index is 0.0191. The zero-order chi connectivity index (χ0) is 14.7. The topological polar surface area (TPSA) is 26.3 Å². The highest BCUT2D eigenvalue weighted by molar-refractivity contribution is 5.98. The molecule has 20 heavy (non-hydrogen) atoms. The minimum Gasteiger partial charge on any atom is -0.494 e. The largest absolute Gasteiger partial charge is 0.494 e. The summed E-state index contributed by atoms with van der Waals surface area (Å²) >= 11 is 0. The standard InChI is InChI=1S/C16H14F2O2/c1-10-3-5-12(17)9-13(10)15(19)8-11-4-6-16(20-2)14(18)7-11/h3-7,9H,8H2,1-2H3. The summed E-state index contributed by atoms with van der Waals surface area (Å²) in [5.41, 5.74) is 1.54. The second-order valence-corrected chi connectivity index (χ2v) is 4.53. The van der Waals surface area contributed by atoms with E-state index in [2.05, 4.69) is 0 Å². The molecule has 0 saturated carbocycles. The van der Waals surface area contributed by atoms with E-state index in [0.29, 0.717) is 16.7 Å². The molecular formula is C16H14F2O2. The fourth-order valence-electron chi connectivity index (χ4n) is 2.00. The van der Waals surface area contributed by atoms with Crippen molar-refractivity contribution in [3.05, 3.63) is 64.7 Å². The molecule has 0 heterocycles. The number of methoxy groups -OCH3 is 1. The Balaban J connectivity index is 2.23. The van der Waals surface area contributed by atoms with Gasteiger partial charge in [0.25, 0.3) is 0 Å². The van der Waals surface area contributed by atoms with E-state index in [4.69, 9.17) is 4.74 Å². The monoisotopic (exact) mass is 276 g/mol. The first-order valence-electron chi connectivity index (χ1n) is 6.13. The van der Waals surface area contributed by atoms with Gasteiger partial charge >= 0.3 is 0 Å². The molecule has 0 unspecified atom stereocenters. The normalized spacial score (nSPS) is 10.4. The molecule has 0 radical (unpaired) electrons. The van der Waals surface area contributed by atoms with Crippen LogP contribution in [-0.4, -0.2) is 12.9 Å². The molecule has 2 aromatic carbocycles. The Morgan fingerprint density at radius 3 is 2.55 bits per heavy atom. The van der Waals surface area contributed by atoms with Gasteiger partial charge in [0.1, 0.15) is 5.82 Å². The maximum Gasteiger partial charge on any atom is 0.167 e. The summed E-state index contributed by atoms with van der Waals surface area (Å²) in [6.45, 7) is 1.74. The predicted molar refractivity (Wildman–Crippen MR) is 72.1 cm³/mol. The SMILES string of the molecule is COc1ccc(CC(=O)c2cc(F)ccc2C)cc1F. The van der Waals surface area contributed by atoms with Crippen molar-refractivity contribution in [2.45, 2.75) is 13.3 Å². The second kappa shape index (κ2) is 5.82. The highest BCUT2D eigenvalue weighted by Gasteiger charge is 2.12. The quantitative estimate of drug-likeness (QED) is 0.796. The molecule has 0 bridgehead atoms. The maximum atomic E-state index is 13.6. The molecule has 2 nitrogen and oxygen atoms in total. The van der Waals surface area contributed by atoms with E-state index in [0.717, 1.165) is 0 Å². The third kappa shape index (κ3) is 3.02. The summed E-state index contributed by atoms with van der Waals surface area (Å²) in [5.74, 6) is -1.09. The Hall–Kier alpha value is -2.23. The maximum absolute atomic E-state index is 13.6. The van der Waals surface area contributed by atoms with Gasteiger partial charge in [-0.3, -0.25) is 4.79 Å². The molecule has 0 saturated heterocycles. The molecule has 0 aliphatic rings. The van der Waals surface area contributed by atoms with Gasteiger partial charge < -0.3 is 4.74 Å². The zero-order valence-electron chi connectivity index (χ0n) is 11.2. The van der Waals surface area contributed by atoms with Crippen LogP contribution in [0.15, 0.2) is 36.4 Å². The highest BCUT2D eigenvalue weighted by atomic mass is 19.1. The van der Waals surface area contributed by atoms with E-state index in [-0.39, 0.29) is 18.0 Å². The predicted octanol–water partition coefficient (Wildman–Crippen LogP) is 3.71. The van der Waals surface area contributed by atoms with Crippen LogP contribution < -0.4 is 4.74 Å². The van der Waals surface area contributed by atoms with Crippen molar-refractivity contribution in [3.8, 4) is 5.75 Å². The van der Waals surface area contributed by atoms with Gasteiger partial charge in [0.05, 0.1) is 7.11 Å². The average Bonchev–Trinajstić information content (AvgIpc) is 2.41. The minimum atomic E-state index is -0.520. The first-order valence-corrected chi connectivity index (χ1v) is 6.13. The molecular weight excluding hydrogens is 262 g/mol. The van der Waals surface area contributed by atoms with Crippen molar-refractivity contribution in [3.63, 3.8) is 0 Å². The molecule has 0 aliphatic heterocycles. The molecule has 0 spiro atoms. The third-order valence-corrected chi connectivity index (χ3v) is 3.08. The number of rotatable bonds is 4. The van der Waals surface area contributed by atoms with Crippen LogP contribution in [0.1, 0.15) is 21.5 Å². The van der Waals surface area contributed by atoms with Gasteiger partial charge in [-0.1, -0.05) is 12.1 Å². The molecule has 0 atom stereocenters. The Kier molecular flexibility index (Phi) is 4.13. The van der Waals surface area contributed by atoms with Gasteiger partial charge in [-0.05, 0) is 42.3 Å². The first kappa shape index (κ1) is 14.2. The van der Waals surface area contributed by atoms with Crippen LogP contribution >= 0.6 is 0 Å². The van der Waals surface area contributed by atoms with Gasteiger partial charge in [0.2, 0.25) is 0 Å². The summed E-state index contributed by atoms with van der Waals surface area (Å²) in [5, 5.41) is 0. The Labute approximate surface area is 116 Å². The van der Waals surface area contributed by atoms with Crippen molar-refractivity contribution in [2.24, 2.45) is 0 Å². The summed E-state index contributed by atoms with van der Waals surface area (Å²) in [6, 6.07) is 8.41. The number of halogens is 2. The molecule has 2 aromatic rings. The van der Waals surface area contributed by atoms with Gasteiger partial charge in [-0.15, -0.1) is 0 Å². The number of hydrogen-bond donors (Lipinski definition) is 0.